The predicted molar refractivity (Wildman–Crippen MR) is 203 cm³/mol. The third-order valence-corrected chi connectivity index (χ3v) is 15.4. The first-order valence-corrected chi connectivity index (χ1v) is 21.1. The topological polar surface area (TPSA) is 118 Å². The molecule has 2 aromatic rings. The Morgan fingerprint density at radius 2 is 1.91 bits per heavy atom. The largest absolute Gasteiger partial charge is 0.490 e. The van der Waals surface area contributed by atoms with Crippen LogP contribution in [0.15, 0.2) is 48.6 Å². The summed E-state index contributed by atoms with van der Waals surface area (Å²) >= 11 is 6.49. The van der Waals surface area contributed by atoms with E-state index in [9.17, 15) is 18.0 Å². The molecular weight excluding hydrogens is 716 g/mol. The molecule has 1 N–H and O–H groups in total. The summed E-state index contributed by atoms with van der Waals surface area (Å²) in [6.07, 6.45) is 9.48. The summed E-state index contributed by atoms with van der Waals surface area (Å²) in [5.74, 6) is 0.239. The van der Waals surface area contributed by atoms with Gasteiger partial charge in [-0.2, -0.15) is 0 Å². The molecule has 0 radical (unpaired) electrons. The van der Waals surface area contributed by atoms with Gasteiger partial charge < -0.3 is 19.1 Å². The molecule has 2 aliphatic carbocycles. The summed E-state index contributed by atoms with van der Waals surface area (Å²) < 4.78 is 48.3. The molecule has 6 aliphatic rings. The van der Waals surface area contributed by atoms with Crippen molar-refractivity contribution in [2.45, 2.75) is 74.7 Å². The molecule has 8 rings (SSSR count). The highest BCUT2D eigenvalue weighted by atomic mass is 35.5. The molecule has 4 aliphatic heterocycles. The number of sulfonamides is 1. The first-order chi connectivity index (χ1) is 25.4. The summed E-state index contributed by atoms with van der Waals surface area (Å²) in [6, 6.07) is 11.5. The third kappa shape index (κ3) is 6.72. The Hall–Kier alpha value is -3.32. The minimum atomic E-state index is -3.99. The number of piperazine rings is 1. The number of nitrogens with zero attached hydrogens (tertiary/aromatic N) is 3. The van der Waals surface area contributed by atoms with Crippen LogP contribution in [0.25, 0.3) is 0 Å². The van der Waals surface area contributed by atoms with Gasteiger partial charge in [-0.1, -0.05) is 36.7 Å². The van der Waals surface area contributed by atoms with E-state index in [2.05, 4.69) is 38.8 Å². The van der Waals surface area contributed by atoms with Crippen LogP contribution in [-0.4, -0.2) is 107 Å². The first kappa shape index (κ1) is 36.6. The van der Waals surface area contributed by atoms with Crippen LogP contribution >= 0.6 is 11.6 Å². The van der Waals surface area contributed by atoms with Gasteiger partial charge in [0.15, 0.2) is 0 Å². The van der Waals surface area contributed by atoms with Crippen molar-refractivity contribution in [2.24, 2.45) is 17.8 Å². The van der Waals surface area contributed by atoms with E-state index in [-0.39, 0.29) is 40.9 Å². The van der Waals surface area contributed by atoms with E-state index in [0.29, 0.717) is 51.6 Å². The molecule has 53 heavy (non-hydrogen) atoms. The van der Waals surface area contributed by atoms with E-state index in [4.69, 9.17) is 25.8 Å². The van der Waals surface area contributed by atoms with Crippen LogP contribution in [0, 0.1) is 17.8 Å². The number of cyclic esters (lactones) is 1. The molecule has 2 saturated heterocycles. The lowest BCUT2D eigenvalue weighted by atomic mass is 9.63. The number of aryl methyl sites for hydroxylation is 1. The number of halogens is 1. The number of carbonyl (C=O) groups is 2. The van der Waals surface area contributed by atoms with E-state index < -0.39 is 26.8 Å². The smallest absolute Gasteiger partial charge is 0.410 e. The fraction of sp³-hybridized carbons (Fsp3) is 0.600. The number of anilines is 1. The minimum Gasteiger partial charge on any atom is -0.490 e. The number of rotatable bonds is 3. The van der Waals surface area contributed by atoms with Gasteiger partial charge in [0.25, 0.3) is 5.91 Å². The number of hydrogen-bond donors (Lipinski definition) is 1. The number of carbonyl (C=O) groups excluding carboxylic acids is 2. The summed E-state index contributed by atoms with van der Waals surface area (Å²) in [5.41, 5.74) is 2.65. The molecular formula is C40H51ClN4O7S. The highest BCUT2D eigenvalue weighted by Crippen LogP contribution is 2.49. The lowest BCUT2D eigenvalue weighted by molar-refractivity contribution is -0.0962. The molecule has 0 aromatic heterocycles. The molecule has 3 fully saturated rings. The number of benzene rings is 2. The average Bonchev–Trinajstić information content (AvgIpc) is 3.42. The van der Waals surface area contributed by atoms with Gasteiger partial charge in [0.2, 0.25) is 10.0 Å². The van der Waals surface area contributed by atoms with E-state index in [1.165, 1.54) is 11.1 Å². The van der Waals surface area contributed by atoms with Crippen LogP contribution in [-0.2, 0) is 31.3 Å². The van der Waals surface area contributed by atoms with E-state index in [0.717, 1.165) is 55.9 Å². The molecule has 7 atom stereocenters. The fourth-order valence-corrected chi connectivity index (χ4v) is 11.3. The Bertz CT molecular complexity index is 1910. The molecule has 2 aromatic carbocycles. The number of ether oxygens (including phenoxy) is 3. The fourth-order valence-electron chi connectivity index (χ4n) is 9.85. The van der Waals surface area contributed by atoms with Crippen molar-refractivity contribution in [3.05, 3.63) is 70.3 Å². The van der Waals surface area contributed by atoms with Crippen LogP contribution < -0.4 is 14.4 Å². The number of hydrogen-bond acceptors (Lipinski definition) is 9. The van der Waals surface area contributed by atoms with Gasteiger partial charge in [0.1, 0.15) is 18.0 Å². The third-order valence-electron chi connectivity index (χ3n) is 13.3. The predicted octanol–water partition coefficient (Wildman–Crippen LogP) is 5.41. The lowest BCUT2D eigenvalue weighted by Crippen LogP contribution is -2.60. The molecule has 1 saturated carbocycles. The maximum absolute atomic E-state index is 13.6. The lowest BCUT2D eigenvalue weighted by Gasteiger charge is -2.52. The standard InChI is InChI=1S/C40H51ClN4O7S/c1-26-6-4-15-40(50-3,24-43-16-17-45-32(21-43)22-51-38(45)47)34-11-8-30(34)20-44-23-39(14-5-7-28-18-31(41)10-12-33(28)39)25-52-36-13-9-29(19-35(36)44)37(46)42-53(48,49)27(26)2/h4,9-10,12-13,15,18-19,26-27,30,32,34H,5-8,11,14,16-17,20-25H2,1-3H3,(H,42,46)/b15-4-/t26-,27+,30-,32-,34+,39-,40-/m0/s1. The van der Waals surface area contributed by atoms with E-state index in [1.807, 2.05) is 30.0 Å². The van der Waals surface area contributed by atoms with Gasteiger partial charge in [-0.3, -0.25) is 14.6 Å². The quantitative estimate of drug-likeness (QED) is 0.410. The molecule has 2 amide bonds. The van der Waals surface area contributed by atoms with Crippen LogP contribution in [0.4, 0.5) is 10.5 Å². The Balaban J connectivity index is 1.19. The van der Waals surface area contributed by atoms with Crippen LogP contribution in [0.5, 0.6) is 5.75 Å². The van der Waals surface area contributed by atoms with Gasteiger partial charge in [-0.05, 0) is 105 Å². The monoisotopic (exact) mass is 766 g/mol. The van der Waals surface area contributed by atoms with E-state index in [1.54, 1.807) is 20.1 Å². The van der Waals surface area contributed by atoms with Crippen molar-refractivity contribution in [3.8, 4) is 5.75 Å². The zero-order chi connectivity index (χ0) is 37.1. The van der Waals surface area contributed by atoms with Crippen LogP contribution in [0.3, 0.4) is 0 Å². The van der Waals surface area contributed by atoms with Gasteiger partial charge >= 0.3 is 6.09 Å². The second-order valence-electron chi connectivity index (χ2n) is 16.3. The van der Waals surface area contributed by atoms with E-state index >= 15 is 0 Å². The van der Waals surface area contributed by atoms with Crippen LogP contribution in [0.2, 0.25) is 5.02 Å². The molecule has 11 nitrogen and oxygen atoms in total. The Morgan fingerprint density at radius 3 is 2.70 bits per heavy atom. The Kier molecular flexibility index (Phi) is 9.73. The molecule has 13 heteroatoms. The van der Waals surface area contributed by atoms with Crippen molar-refractivity contribution in [1.82, 2.24) is 14.5 Å². The van der Waals surface area contributed by atoms with Crippen molar-refractivity contribution < 1.29 is 32.2 Å². The number of amides is 2. The number of allylic oxidation sites excluding steroid dienone is 1. The number of fused-ring (bicyclic) bond motifs is 5. The van der Waals surface area contributed by atoms with Gasteiger partial charge in [0, 0.05) is 62.4 Å². The number of methoxy groups -OCH3 is 1. The van der Waals surface area contributed by atoms with Gasteiger partial charge in [-0.25, -0.2) is 17.9 Å². The Morgan fingerprint density at radius 1 is 1.06 bits per heavy atom. The minimum absolute atomic E-state index is 0.0195. The molecule has 286 valence electrons. The maximum atomic E-state index is 13.6. The van der Waals surface area contributed by atoms with Crippen molar-refractivity contribution in [3.63, 3.8) is 0 Å². The highest BCUT2D eigenvalue weighted by Gasteiger charge is 2.51. The summed E-state index contributed by atoms with van der Waals surface area (Å²) in [4.78, 5) is 32.6. The molecule has 4 heterocycles. The molecule has 2 bridgehead atoms. The first-order valence-electron chi connectivity index (χ1n) is 19.2. The molecule has 0 unspecified atom stereocenters. The molecule has 1 spiro atoms. The zero-order valence-corrected chi connectivity index (χ0v) is 32.5. The van der Waals surface area contributed by atoms with Crippen LogP contribution in [0.1, 0.15) is 67.4 Å². The Labute approximate surface area is 318 Å². The number of nitrogens with one attached hydrogen (secondary N) is 1. The van der Waals surface area contributed by atoms with Gasteiger partial charge in [0.05, 0.1) is 23.6 Å². The summed E-state index contributed by atoms with van der Waals surface area (Å²) in [6.45, 7) is 8.55. The van der Waals surface area contributed by atoms with Crippen molar-refractivity contribution >= 4 is 39.3 Å². The SMILES string of the molecule is CO[C@]1(CN2CCN3C(=O)OC[C@@H]3C2)/C=C\C[C@H](C)[C@@H](C)S(=O)(=O)NC(=O)c2ccc3c(c2)N(C[C@@H]2CC[C@H]21)C[C@@]1(CCCc2cc(Cl)ccc21)CO3. The zero-order valence-electron chi connectivity index (χ0n) is 30.9. The van der Waals surface area contributed by atoms with Gasteiger partial charge in [-0.15, -0.1) is 0 Å². The summed E-state index contributed by atoms with van der Waals surface area (Å²) in [7, 11) is -2.19. The van der Waals surface area contributed by atoms with Crippen molar-refractivity contribution in [1.29, 1.82) is 0 Å². The maximum Gasteiger partial charge on any atom is 0.410 e. The highest BCUT2D eigenvalue weighted by molar-refractivity contribution is 7.90. The normalized spacial score (nSPS) is 34.8. The van der Waals surface area contributed by atoms with Crippen molar-refractivity contribution in [2.75, 3.05) is 64.5 Å². The second kappa shape index (κ2) is 14.1. The summed E-state index contributed by atoms with van der Waals surface area (Å²) in [5, 5.41) is -0.0847. The second-order valence-corrected chi connectivity index (χ2v) is 18.8. The average molecular weight is 767 g/mol.